The summed E-state index contributed by atoms with van der Waals surface area (Å²) in [4.78, 5) is 43.3. The molecule has 0 aliphatic rings. The van der Waals surface area contributed by atoms with Crippen LogP contribution in [0.15, 0.2) is 54.6 Å². The van der Waals surface area contributed by atoms with Crippen LogP contribution >= 0.6 is 0 Å². The molecular formula is C20H27NO8Ru. The van der Waals surface area contributed by atoms with Gasteiger partial charge in [-0.1, -0.05) is 18.2 Å². The molecule has 0 aromatic heterocycles. The molecule has 0 aliphatic heterocycles. The Morgan fingerprint density at radius 1 is 0.633 bits per heavy atom. The molecule has 0 unspecified atom stereocenters. The summed E-state index contributed by atoms with van der Waals surface area (Å²) in [6.07, 6.45) is 3.97. The van der Waals surface area contributed by atoms with Crippen molar-refractivity contribution in [3.63, 3.8) is 0 Å². The minimum Gasteiger partial charge on any atom is -0.466 e. The molecule has 0 heterocycles. The summed E-state index contributed by atoms with van der Waals surface area (Å²) in [7, 11) is 8.98. The van der Waals surface area contributed by atoms with Crippen molar-refractivity contribution in [2.45, 2.75) is 0 Å². The number of hydrogen-bond donors (Lipinski definition) is 0. The molecule has 30 heavy (non-hydrogen) atoms. The fourth-order valence-electron chi connectivity index (χ4n) is 1.27. The molecule has 0 saturated carbocycles. The number of anilines is 1. The third kappa shape index (κ3) is 19.8. The largest absolute Gasteiger partial charge is 0.466 e. The van der Waals surface area contributed by atoms with Crippen molar-refractivity contribution in [3.05, 3.63) is 54.6 Å². The molecule has 0 spiro atoms. The van der Waals surface area contributed by atoms with E-state index in [1.165, 1.54) is 34.1 Å². The van der Waals surface area contributed by atoms with Crippen LogP contribution in [-0.4, -0.2) is 66.4 Å². The summed E-state index contributed by atoms with van der Waals surface area (Å²) < 4.78 is 16.8. The predicted molar refractivity (Wildman–Crippen MR) is 107 cm³/mol. The van der Waals surface area contributed by atoms with Crippen LogP contribution in [0.4, 0.5) is 5.69 Å². The maximum atomic E-state index is 10.3. The third-order valence-electron chi connectivity index (χ3n) is 2.79. The number of methoxy groups -OCH3 is 4. The van der Waals surface area contributed by atoms with E-state index in [4.69, 9.17) is 0 Å². The molecule has 0 radical (unpaired) electrons. The smallest absolute Gasteiger partial charge is 0.330 e. The van der Waals surface area contributed by atoms with E-state index in [2.05, 4.69) is 36.0 Å². The third-order valence-corrected chi connectivity index (χ3v) is 2.79. The second kappa shape index (κ2) is 20.7. The number of nitrogens with zero attached hydrogens (tertiary/aromatic N) is 1. The molecule has 0 saturated heterocycles. The molecule has 0 aliphatic carbocycles. The first-order valence-electron chi connectivity index (χ1n) is 8.12. The van der Waals surface area contributed by atoms with Crippen molar-refractivity contribution < 1.29 is 57.6 Å². The molecule has 1 rings (SSSR count). The SMILES string of the molecule is CN(C)c1ccccc1.COC(=O)/C=C/C(=O)OC.COC(=O)/C=C/C(=O)OC.[Ru]. The Bertz CT molecular complexity index is 613. The fourth-order valence-corrected chi connectivity index (χ4v) is 1.27. The van der Waals surface area contributed by atoms with Gasteiger partial charge >= 0.3 is 23.9 Å². The molecule has 9 nitrogen and oxygen atoms in total. The van der Waals surface area contributed by atoms with E-state index in [-0.39, 0.29) is 19.5 Å². The second-order valence-corrected chi connectivity index (χ2v) is 4.99. The second-order valence-electron chi connectivity index (χ2n) is 4.99. The van der Waals surface area contributed by atoms with Crippen molar-refractivity contribution in [3.8, 4) is 0 Å². The van der Waals surface area contributed by atoms with Gasteiger partial charge in [-0.05, 0) is 12.1 Å². The topological polar surface area (TPSA) is 108 Å². The molecule has 0 fully saturated rings. The van der Waals surface area contributed by atoms with E-state index >= 15 is 0 Å². The molecule has 1 aromatic rings. The average Bonchev–Trinajstić information content (AvgIpc) is 2.76. The molecule has 1 aromatic carbocycles. The summed E-state index contributed by atoms with van der Waals surface area (Å²) in [5, 5.41) is 0. The summed E-state index contributed by atoms with van der Waals surface area (Å²) in [5.74, 6) is -2.31. The minimum atomic E-state index is -0.578. The zero-order valence-corrected chi connectivity index (χ0v) is 19.5. The van der Waals surface area contributed by atoms with Crippen molar-refractivity contribution in [2.75, 3.05) is 47.4 Å². The monoisotopic (exact) mass is 511 g/mol. The first-order chi connectivity index (χ1) is 13.7. The van der Waals surface area contributed by atoms with Gasteiger partial charge in [-0.15, -0.1) is 0 Å². The van der Waals surface area contributed by atoms with Crippen molar-refractivity contribution >= 4 is 29.6 Å². The normalized spacial score (nSPS) is 9.00. The van der Waals surface area contributed by atoms with Gasteiger partial charge in [0.1, 0.15) is 0 Å². The predicted octanol–water partition coefficient (Wildman–Crippen LogP) is 1.53. The van der Waals surface area contributed by atoms with Gasteiger partial charge in [-0.25, -0.2) is 19.2 Å². The summed E-state index contributed by atoms with van der Waals surface area (Å²) in [5.41, 5.74) is 1.25. The van der Waals surface area contributed by atoms with E-state index in [9.17, 15) is 19.2 Å². The van der Waals surface area contributed by atoms with Crippen LogP contribution in [0.1, 0.15) is 0 Å². The van der Waals surface area contributed by atoms with Crippen LogP contribution < -0.4 is 4.90 Å². The number of hydrogen-bond acceptors (Lipinski definition) is 9. The maximum Gasteiger partial charge on any atom is 0.330 e. The van der Waals surface area contributed by atoms with Crippen LogP contribution in [-0.2, 0) is 57.6 Å². The van der Waals surface area contributed by atoms with Gasteiger partial charge in [0.05, 0.1) is 28.4 Å². The first-order valence-corrected chi connectivity index (χ1v) is 8.12. The van der Waals surface area contributed by atoms with Gasteiger partial charge in [-0.2, -0.15) is 0 Å². The van der Waals surface area contributed by atoms with Gasteiger partial charge in [0.25, 0.3) is 0 Å². The Balaban J connectivity index is -0.000000359. The molecule has 0 bridgehead atoms. The van der Waals surface area contributed by atoms with Crippen LogP contribution in [0.2, 0.25) is 0 Å². The van der Waals surface area contributed by atoms with Crippen LogP contribution in [0, 0.1) is 0 Å². The van der Waals surface area contributed by atoms with E-state index in [0.29, 0.717) is 0 Å². The van der Waals surface area contributed by atoms with Gasteiger partial charge in [0.15, 0.2) is 0 Å². The standard InChI is InChI=1S/C8H11N.2C6H8O4.Ru/c1-9(2)8-6-4-3-5-7-8;2*1-9-5(7)3-4-6(8)10-2;/h3-7H,1-2H3;2*3-4H,1-2H3;/b;2*4-3+;. The number of esters is 4. The Hall–Kier alpha value is -3.00. The van der Waals surface area contributed by atoms with Gasteiger partial charge in [0, 0.05) is 63.6 Å². The quantitative estimate of drug-likeness (QED) is 0.252. The molecule has 0 atom stereocenters. The van der Waals surface area contributed by atoms with E-state index in [1.807, 2.05) is 32.3 Å². The number of carbonyl (C=O) groups is 4. The van der Waals surface area contributed by atoms with Gasteiger partial charge < -0.3 is 23.8 Å². The Morgan fingerprint density at radius 2 is 0.900 bits per heavy atom. The van der Waals surface area contributed by atoms with Crippen molar-refractivity contribution in [1.29, 1.82) is 0 Å². The zero-order chi connectivity index (χ0) is 22.7. The Labute approximate surface area is 189 Å². The van der Waals surface area contributed by atoms with E-state index < -0.39 is 23.9 Å². The molecule has 0 N–H and O–H groups in total. The zero-order valence-electron chi connectivity index (χ0n) is 17.8. The van der Waals surface area contributed by atoms with E-state index in [1.54, 1.807) is 0 Å². The minimum absolute atomic E-state index is 0. The van der Waals surface area contributed by atoms with Crippen molar-refractivity contribution in [1.82, 2.24) is 0 Å². The number of carbonyl (C=O) groups excluding carboxylic acids is 4. The number of para-hydroxylation sites is 1. The summed E-state index contributed by atoms with van der Waals surface area (Å²) in [6.45, 7) is 0. The molecule has 0 amide bonds. The number of rotatable bonds is 5. The maximum absolute atomic E-state index is 10.3. The fraction of sp³-hybridized carbons (Fsp3) is 0.300. The Kier molecular flexibility index (Phi) is 21.9. The summed E-state index contributed by atoms with van der Waals surface area (Å²) >= 11 is 0. The molecule has 10 heteroatoms. The van der Waals surface area contributed by atoms with Gasteiger partial charge in [0.2, 0.25) is 0 Å². The van der Waals surface area contributed by atoms with Gasteiger partial charge in [-0.3, -0.25) is 0 Å². The van der Waals surface area contributed by atoms with E-state index in [0.717, 1.165) is 24.3 Å². The van der Waals surface area contributed by atoms with Crippen LogP contribution in [0.5, 0.6) is 0 Å². The Morgan fingerprint density at radius 3 is 1.07 bits per heavy atom. The number of benzene rings is 1. The summed E-state index contributed by atoms with van der Waals surface area (Å²) in [6, 6.07) is 10.3. The average molecular weight is 511 g/mol. The number of ether oxygens (including phenoxy) is 4. The van der Waals surface area contributed by atoms with Crippen LogP contribution in [0.3, 0.4) is 0 Å². The van der Waals surface area contributed by atoms with Crippen LogP contribution in [0.25, 0.3) is 0 Å². The van der Waals surface area contributed by atoms with Crippen molar-refractivity contribution in [2.24, 2.45) is 0 Å². The molecular weight excluding hydrogens is 483 g/mol. The molecule has 168 valence electrons. The first kappa shape index (κ1) is 31.7.